The number of ether oxygens (including phenoxy) is 1. The van der Waals surface area contributed by atoms with Gasteiger partial charge < -0.3 is 9.64 Å². The van der Waals surface area contributed by atoms with Crippen LogP contribution in [0.5, 0.6) is 0 Å². The fourth-order valence-corrected chi connectivity index (χ4v) is 3.59. The van der Waals surface area contributed by atoms with Crippen LogP contribution in [0.4, 0.5) is 4.79 Å². The molecule has 2 aliphatic rings. The first kappa shape index (κ1) is 17.0. The predicted octanol–water partition coefficient (Wildman–Crippen LogP) is 2.84. The summed E-state index contributed by atoms with van der Waals surface area (Å²) in [6, 6.07) is 10.5. The van der Waals surface area contributed by atoms with E-state index in [4.69, 9.17) is 4.74 Å². The highest BCUT2D eigenvalue weighted by Gasteiger charge is 2.42. The van der Waals surface area contributed by atoms with Crippen molar-refractivity contribution in [2.24, 2.45) is 0 Å². The number of nitrogens with zero attached hydrogens (tertiary/aromatic N) is 2. The van der Waals surface area contributed by atoms with Crippen LogP contribution in [0.1, 0.15) is 39.2 Å². The molecule has 5 nitrogen and oxygen atoms in total. The van der Waals surface area contributed by atoms with E-state index in [2.05, 4.69) is 17.0 Å². The molecule has 2 bridgehead atoms. The second-order valence-electron chi connectivity index (χ2n) is 7.80. The first-order valence-electron chi connectivity index (χ1n) is 8.61. The number of hydrogen-bond acceptors (Lipinski definition) is 4. The molecule has 0 spiro atoms. The molecule has 24 heavy (non-hydrogen) atoms. The Balaban J connectivity index is 1.72. The van der Waals surface area contributed by atoms with Crippen LogP contribution >= 0.6 is 0 Å². The molecular formula is C19H26N2O3. The Bertz CT molecular complexity index is 591. The first-order valence-corrected chi connectivity index (χ1v) is 8.61. The topological polar surface area (TPSA) is 49.9 Å². The Morgan fingerprint density at radius 3 is 2.25 bits per heavy atom. The second kappa shape index (κ2) is 6.55. The monoisotopic (exact) mass is 330 g/mol. The number of amides is 1. The molecule has 0 N–H and O–H groups in total. The van der Waals surface area contributed by atoms with E-state index >= 15 is 0 Å². The quantitative estimate of drug-likeness (QED) is 0.837. The van der Waals surface area contributed by atoms with E-state index in [9.17, 15) is 9.59 Å². The van der Waals surface area contributed by atoms with Gasteiger partial charge in [-0.15, -0.1) is 0 Å². The zero-order valence-electron chi connectivity index (χ0n) is 14.7. The van der Waals surface area contributed by atoms with Gasteiger partial charge in [-0.25, -0.2) is 4.79 Å². The smallest absolute Gasteiger partial charge is 0.410 e. The highest BCUT2D eigenvalue weighted by molar-refractivity contribution is 5.81. The van der Waals surface area contributed by atoms with Gasteiger partial charge in [-0.05, 0) is 26.3 Å². The van der Waals surface area contributed by atoms with Gasteiger partial charge in [-0.2, -0.15) is 0 Å². The number of hydrogen-bond donors (Lipinski definition) is 0. The molecule has 2 saturated heterocycles. The Kier molecular flexibility index (Phi) is 4.63. The molecule has 2 heterocycles. The number of benzene rings is 1. The maximum atomic E-state index is 12.4. The standard InChI is InChI=1S/C19H26N2O3/c1-19(2,3)24-18(23)20-12-15-9-17(22)10-16(13-20)21(15)11-14-7-5-4-6-8-14/h4-8,15-16H,9-13H2,1-3H3/t15-,16+. The van der Waals surface area contributed by atoms with Crippen LogP contribution in [0.15, 0.2) is 30.3 Å². The van der Waals surface area contributed by atoms with Crippen molar-refractivity contribution in [3.05, 3.63) is 35.9 Å². The molecule has 3 rings (SSSR count). The number of rotatable bonds is 2. The molecular weight excluding hydrogens is 304 g/mol. The minimum atomic E-state index is -0.497. The number of fused-ring (bicyclic) bond motifs is 2. The fourth-order valence-electron chi connectivity index (χ4n) is 3.59. The molecule has 0 aromatic heterocycles. The molecule has 1 aromatic rings. The Labute approximate surface area is 143 Å². The summed E-state index contributed by atoms with van der Waals surface area (Å²) in [7, 11) is 0. The lowest BCUT2D eigenvalue weighted by Crippen LogP contribution is -2.63. The Morgan fingerprint density at radius 1 is 1.12 bits per heavy atom. The minimum absolute atomic E-state index is 0.0812. The van der Waals surface area contributed by atoms with E-state index in [0.717, 1.165) is 6.54 Å². The van der Waals surface area contributed by atoms with Crippen LogP contribution in [0.25, 0.3) is 0 Å². The average molecular weight is 330 g/mol. The molecule has 5 heteroatoms. The van der Waals surface area contributed by atoms with Crippen LogP contribution in [-0.2, 0) is 16.1 Å². The lowest BCUT2D eigenvalue weighted by atomic mass is 9.90. The van der Waals surface area contributed by atoms with Gasteiger partial charge in [0.05, 0.1) is 0 Å². The van der Waals surface area contributed by atoms with Gasteiger partial charge in [-0.3, -0.25) is 9.69 Å². The van der Waals surface area contributed by atoms with E-state index in [1.807, 2.05) is 39.0 Å². The highest BCUT2D eigenvalue weighted by atomic mass is 16.6. The number of carbonyl (C=O) groups is 2. The Morgan fingerprint density at radius 2 is 1.71 bits per heavy atom. The summed E-state index contributed by atoms with van der Waals surface area (Å²) in [5.74, 6) is 0.304. The van der Waals surface area contributed by atoms with Crippen molar-refractivity contribution in [2.45, 2.75) is 57.8 Å². The predicted molar refractivity (Wildman–Crippen MR) is 91.6 cm³/mol. The molecule has 1 aromatic carbocycles. The van der Waals surface area contributed by atoms with Crippen molar-refractivity contribution in [3.8, 4) is 0 Å². The molecule has 0 radical (unpaired) electrons. The van der Waals surface area contributed by atoms with E-state index in [1.54, 1.807) is 4.90 Å². The van der Waals surface area contributed by atoms with Crippen LogP contribution in [0.3, 0.4) is 0 Å². The lowest BCUT2D eigenvalue weighted by molar-refractivity contribution is -0.129. The van der Waals surface area contributed by atoms with Crippen molar-refractivity contribution < 1.29 is 14.3 Å². The van der Waals surface area contributed by atoms with Gasteiger partial charge in [0.15, 0.2) is 0 Å². The van der Waals surface area contributed by atoms with Gasteiger partial charge in [0.1, 0.15) is 11.4 Å². The minimum Gasteiger partial charge on any atom is -0.444 e. The zero-order valence-corrected chi connectivity index (χ0v) is 14.7. The van der Waals surface area contributed by atoms with E-state index in [1.165, 1.54) is 5.56 Å². The number of ketones is 1. The molecule has 0 unspecified atom stereocenters. The largest absolute Gasteiger partial charge is 0.444 e. The summed E-state index contributed by atoms with van der Waals surface area (Å²) in [6.45, 7) is 7.57. The van der Waals surface area contributed by atoms with Crippen molar-refractivity contribution in [2.75, 3.05) is 13.1 Å². The second-order valence-corrected chi connectivity index (χ2v) is 7.80. The van der Waals surface area contributed by atoms with Crippen LogP contribution in [0, 0.1) is 0 Å². The number of carbonyl (C=O) groups excluding carboxylic acids is 2. The fraction of sp³-hybridized carbons (Fsp3) is 0.579. The molecule has 0 saturated carbocycles. The summed E-state index contributed by atoms with van der Waals surface area (Å²) in [4.78, 5) is 28.6. The molecule has 2 fully saturated rings. The van der Waals surface area contributed by atoms with E-state index in [-0.39, 0.29) is 18.2 Å². The van der Waals surface area contributed by atoms with Crippen LogP contribution in [-0.4, -0.2) is 52.5 Å². The maximum absolute atomic E-state index is 12.4. The van der Waals surface area contributed by atoms with Crippen LogP contribution < -0.4 is 0 Å². The van der Waals surface area contributed by atoms with Gasteiger partial charge in [0, 0.05) is 44.6 Å². The van der Waals surface area contributed by atoms with Gasteiger partial charge in [0.25, 0.3) is 0 Å². The molecule has 1 amide bonds. The molecule has 0 aliphatic carbocycles. The number of Topliss-reactive ketones (excluding diaryl/α,β-unsaturated/α-hetero) is 1. The van der Waals surface area contributed by atoms with Gasteiger partial charge in [-0.1, -0.05) is 30.3 Å². The lowest BCUT2D eigenvalue weighted by Gasteiger charge is -2.49. The SMILES string of the molecule is CC(C)(C)OC(=O)N1C[C@H]2CC(=O)C[C@@H](C1)N2Cc1ccccc1. The third kappa shape index (κ3) is 3.96. The van der Waals surface area contributed by atoms with Crippen molar-refractivity contribution in [1.29, 1.82) is 0 Å². The van der Waals surface area contributed by atoms with Crippen molar-refractivity contribution >= 4 is 11.9 Å². The highest BCUT2D eigenvalue weighted by Crippen LogP contribution is 2.29. The van der Waals surface area contributed by atoms with Gasteiger partial charge in [0.2, 0.25) is 0 Å². The normalized spacial score (nSPS) is 24.8. The third-order valence-corrected chi connectivity index (χ3v) is 4.59. The summed E-state index contributed by atoms with van der Waals surface area (Å²) in [5.41, 5.74) is 0.746. The molecule has 2 atom stereocenters. The Hall–Kier alpha value is -1.88. The summed E-state index contributed by atoms with van der Waals surface area (Å²) >= 11 is 0. The first-order chi connectivity index (χ1) is 11.3. The number of piperazine rings is 1. The van der Waals surface area contributed by atoms with E-state index < -0.39 is 5.60 Å². The maximum Gasteiger partial charge on any atom is 0.410 e. The number of piperidine rings is 1. The van der Waals surface area contributed by atoms with Crippen molar-refractivity contribution in [3.63, 3.8) is 0 Å². The third-order valence-electron chi connectivity index (χ3n) is 4.59. The van der Waals surface area contributed by atoms with Gasteiger partial charge >= 0.3 is 6.09 Å². The zero-order chi connectivity index (χ0) is 17.3. The summed E-state index contributed by atoms with van der Waals surface area (Å²) in [5, 5.41) is 0. The average Bonchev–Trinajstić information content (AvgIpc) is 2.47. The van der Waals surface area contributed by atoms with Crippen LogP contribution in [0.2, 0.25) is 0 Å². The van der Waals surface area contributed by atoms with Crippen molar-refractivity contribution in [1.82, 2.24) is 9.80 Å². The molecule has 130 valence electrons. The molecule has 2 aliphatic heterocycles. The van der Waals surface area contributed by atoms with E-state index in [0.29, 0.717) is 31.7 Å². The number of likely N-dealkylation sites (tertiary alicyclic amines) is 1. The summed E-state index contributed by atoms with van der Waals surface area (Å²) in [6.07, 6.45) is 0.761. The summed E-state index contributed by atoms with van der Waals surface area (Å²) < 4.78 is 5.51.